The molecule has 6 heteroatoms. The molecule has 4 N–H and O–H groups in total. The second-order valence-electron chi connectivity index (χ2n) is 3.15. The number of nitrogens with two attached hydrogens (primary N) is 1. The van der Waals surface area contributed by atoms with Crippen LogP contribution in [0.15, 0.2) is 12.3 Å². The maximum Gasteiger partial charge on any atom is 0.224 e. The highest BCUT2D eigenvalue weighted by molar-refractivity contribution is 5.79. The highest BCUT2D eigenvalue weighted by Gasteiger charge is 2.21. The van der Waals surface area contributed by atoms with Crippen LogP contribution in [0.5, 0.6) is 0 Å². The molecular weight excluding hydrogens is 182 g/mol. The number of hydrogen-bond acceptors (Lipinski definition) is 5. The normalized spacial score (nSPS) is 20.6. The van der Waals surface area contributed by atoms with Crippen molar-refractivity contribution >= 4 is 17.7 Å². The number of carbonyl (C=O) groups is 1. The molecule has 0 aliphatic carbocycles. The second-order valence-corrected chi connectivity index (χ2v) is 3.15. The van der Waals surface area contributed by atoms with Crippen LogP contribution < -0.4 is 16.4 Å². The highest BCUT2D eigenvalue weighted by atomic mass is 16.1. The van der Waals surface area contributed by atoms with Crippen LogP contribution in [-0.2, 0) is 4.79 Å². The van der Waals surface area contributed by atoms with E-state index in [2.05, 4.69) is 20.6 Å². The first-order valence-corrected chi connectivity index (χ1v) is 4.36. The molecule has 1 aliphatic heterocycles. The third-order valence-corrected chi connectivity index (χ3v) is 1.99. The second kappa shape index (κ2) is 3.49. The Kier molecular flexibility index (Phi) is 2.18. The van der Waals surface area contributed by atoms with Crippen LogP contribution in [0.2, 0.25) is 0 Å². The summed E-state index contributed by atoms with van der Waals surface area (Å²) in [5.74, 6) is 0.928. The van der Waals surface area contributed by atoms with E-state index in [1.165, 1.54) is 0 Å². The Hall–Kier alpha value is -1.85. The van der Waals surface area contributed by atoms with Gasteiger partial charge >= 0.3 is 0 Å². The summed E-state index contributed by atoms with van der Waals surface area (Å²) in [6.07, 6.45) is 2.03. The molecule has 0 spiro atoms. The molecule has 0 bridgehead atoms. The molecule has 1 amide bonds. The number of rotatable bonds is 2. The number of anilines is 2. The minimum Gasteiger partial charge on any atom is -0.384 e. The van der Waals surface area contributed by atoms with Gasteiger partial charge in [-0.05, 0) is 6.07 Å². The van der Waals surface area contributed by atoms with Gasteiger partial charge in [0.25, 0.3) is 0 Å². The lowest BCUT2D eigenvalue weighted by Gasteiger charge is -2.09. The van der Waals surface area contributed by atoms with Crippen molar-refractivity contribution in [3.8, 4) is 0 Å². The van der Waals surface area contributed by atoms with Crippen molar-refractivity contribution < 1.29 is 4.79 Å². The van der Waals surface area contributed by atoms with Crippen molar-refractivity contribution in [2.45, 2.75) is 12.5 Å². The molecule has 74 valence electrons. The minimum absolute atomic E-state index is 0.0476. The van der Waals surface area contributed by atoms with Crippen LogP contribution in [0, 0.1) is 0 Å². The Labute approximate surface area is 80.9 Å². The summed E-state index contributed by atoms with van der Waals surface area (Å²) in [5.41, 5.74) is 5.49. The standard InChI is InChI=1S/C8H11N5O/c9-6-1-2-10-8(13-6)12-5-3-7(14)11-4-5/h1-2,5H,3-4H2,(H,11,14)(H3,9,10,12,13). The fourth-order valence-electron chi connectivity index (χ4n) is 1.33. The largest absolute Gasteiger partial charge is 0.384 e. The summed E-state index contributed by atoms with van der Waals surface area (Å²) in [7, 11) is 0. The molecule has 1 unspecified atom stereocenters. The van der Waals surface area contributed by atoms with E-state index in [0.29, 0.717) is 24.7 Å². The summed E-state index contributed by atoms with van der Waals surface area (Å²) in [6.45, 7) is 0.608. The van der Waals surface area contributed by atoms with Crippen molar-refractivity contribution in [1.82, 2.24) is 15.3 Å². The smallest absolute Gasteiger partial charge is 0.224 e. The van der Waals surface area contributed by atoms with Crippen LogP contribution in [0.4, 0.5) is 11.8 Å². The zero-order valence-electron chi connectivity index (χ0n) is 7.53. The quantitative estimate of drug-likeness (QED) is 0.581. The lowest BCUT2D eigenvalue weighted by molar-refractivity contribution is -0.119. The van der Waals surface area contributed by atoms with Crippen molar-refractivity contribution in [3.63, 3.8) is 0 Å². The van der Waals surface area contributed by atoms with Gasteiger partial charge in [-0.1, -0.05) is 0 Å². The molecule has 0 aromatic carbocycles. The van der Waals surface area contributed by atoms with Gasteiger partial charge < -0.3 is 16.4 Å². The summed E-state index contributed by atoms with van der Waals surface area (Å²) < 4.78 is 0. The Balaban J connectivity index is 2.00. The molecule has 1 fully saturated rings. The first kappa shape index (κ1) is 8.74. The number of nitrogens with one attached hydrogen (secondary N) is 2. The zero-order chi connectivity index (χ0) is 9.97. The third kappa shape index (κ3) is 1.90. The van der Waals surface area contributed by atoms with Gasteiger partial charge in [-0.2, -0.15) is 4.98 Å². The van der Waals surface area contributed by atoms with Gasteiger partial charge in [0.05, 0.1) is 6.04 Å². The number of nitrogens with zero attached hydrogens (tertiary/aromatic N) is 2. The first-order chi connectivity index (χ1) is 6.74. The van der Waals surface area contributed by atoms with Gasteiger partial charge in [0, 0.05) is 19.2 Å². The van der Waals surface area contributed by atoms with Gasteiger partial charge in [0.2, 0.25) is 11.9 Å². The maximum atomic E-state index is 10.9. The Morgan fingerprint density at radius 3 is 3.14 bits per heavy atom. The van der Waals surface area contributed by atoms with E-state index in [1.807, 2.05) is 0 Å². The van der Waals surface area contributed by atoms with E-state index < -0.39 is 0 Å². The van der Waals surface area contributed by atoms with Crippen LogP contribution >= 0.6 is 0 Å². The van der Waals surface area contributed by atoms with E-state index in [-0.39, 0.29) is 11.9 Å². The predicted octanol–water partition coefficient (Wildman–Crippen LogP) is -0.641. The molecule has 0 saturated carbocycles. The monoisotopic (exact) mass is 193 g/mol. The lowest BCUT2D eigenvalue weighted by Crippen LogP contribution is -2.23. The zero-order valence-corrected chi connectivity index (χ0v) is 7.53. The number of hydrogen-bond donors (Lipinski definition) is 3. The van der Waals surface area contributed by atoms with Gasteiger partial charge in [-0.25, -0.2) is 4.98 Å². The third-order valence-electron chi connectivity index (χ3n) is 1.99. The average Bonchev–Trinajstić information content (AvgIpc) is 2.51. The number of nitrogen functional groups attached to an aromatic ring is 1. The van der Waals surface area contributed by atoms with E-state index in [9.17, 15) is 4.79 Å². The molecule has 6 nitrogen and oxygen atoms in total. The lowest BCUT2D eigenvalue weighted by atomic mass is 10.3. The molecule has 2 heterocycles. The molecule has 14 heavy (non-hydrogen) atoms. The number of amides is 1. The van der Waals surface area contributed by atoms with Crippen LogP contribution in [0.25, 0.3) is 0 Å². The molecule has 2 rings (SSSR count). The van der Waals surface area contributed by atoms with Crippen molar-refractivity contribution in [3.05, 3.63) is 12.3 Å². The van der Waals surface area contributed by atoms with Gasteiger partial charge in [0.15, 0.2) is 0 Å². The summed E-state index contributed by atoms with van der Waals surface area (Å²) >= 11 is 0. The predicted molar refractivity (Wildman–Crippen MR) is 51.5 cm³/mol. The average molecular weight is 193 g/mol. The van der Waals surface area contributed by atoms with E-state index in [0.717, 1.165) is 0 Å². The maximum absolute atomic E-state index is 10.9. The van der Waals surface area contributed by atoms with Crippen molar-refractivity contribution in [2.24, 2.45) is 0 Å². The Morgan fingerprint density at radius 2 is 2.50 bits per heavy atom. The molecule has 1 aliphatic rings. The van der Waals surface area contributed by atoms with Gasteiger partial charge in [-0.15, -0.1) is 0 Å². The first-order valence-electron chi connectivity index (χ1n) is 4.36. The SMILES string of the molecule is Nc1ccnc(NC2CNC(=O)C2)n1. The molecule has 0 radical (unpaired) electrons. The fourth-order valence-corrected chi connectivity index (χ4v) is 1.33. The number of aromatic nitrogens is 2. The Bertz CT molecular complexity index is 353. The van der Waals surface area contributed by atoms with Crippen LogP contribution in [-0.4, -0.2) is 28.5 Å². The summed E-state index contributed by atoms with van der Waals surface area (Å²) in [6, 6.07) is 1.67. The van der Waals surface area contributed by atoms with Crippen molar-refractivity contribution in [1.29, 1.82) is 0 Å². The molecule has 1 saturated heterocycles. The molecule has 1 atom stereocenters. The molecule has 1 aromatic heterocycles. The highest BCUT2D eigenvalue weighted by Crippen LogP contribution is 2.07. The number of carbonyl (C=O) groups excluding carboxylic acids is 1. The minimum atomic E-state index is 0.0476. The topological polar surface area (TPSA) is 92.9 Å². The fraction of sp³-hybridized carbons (Fsp3) is 0.375. The van der Waals surface area contributed by atoms with E-state index >= 15 is 0 Å². The molecular formula is C8H11N5O. The summed E-state index contributed by atoms with van der Waals surface area (Å²) in [5, 5.41) is 5.74. The van der Waals surface area contributed by atoms with Crippen LogP contribution in [0.3, 0.4) is 0 Å². The van der Waals surface area contributed by atoms with E-state index in [4.69, 9.17) is 5.73 Å². The van der Waals surface area contributed by atoms with Gasteiger partial charge in [-0.3, -0.25) is 4.79 Å². The van der Waals surface area contributed by atoms with Gasteiger partial charge in [0.1, 0.15) is 5.82 Å². The van der Waals surface area contributed by atoms with Crippen molar-refractivity contribution in [2.75, 3.05) is 17.6 Å². The Morgan fingerprint density at radius 1 is 1.64 bits per heavy atom. The van der Waals surface area contributed by atoms with E-state index in [1.54, 1.807) is 12.3 Å². The van der Waals surface area contributed by atoms with Crippen LogP contribution in [0.1, 0.15) is 6.42 Å². The molecule has 1 aromatic rings. The summed E-state index contributed by atoms with van der Waals surface area (Å²) in [4.78, 5) is 18.9.